The van der Waals surface area contributed by atoms with Crippen LogP contribution in [0, 0.1) is 0 Å². The molecule has 0 aliphatic heterocycles. The van der Waals surface area contributed by atoms with Gasteiger partial charge in [0.1, 0.15) is 0 Å². The van der Waals surface area contributed by atoms with E-state index in [9.17, 15) is 18.0 Å². The third-order valence-electron chi connectivity index (χ3n) is 2.95. The summed E-state index contributed by atoms with van der Waals surface area (Å²) >= 11 is 0. The van der Waals surface area contributed by atoms with E-state index < -0.39 is 22.0 Å². The SMILES string of the molecule is CCCC(CC(=O)O)NS(=O)(=O)c1ccc(C(C)=O)cc1. The molecule has 6 nitrogen and oxygen atoms in total. The van der Waals surface area contributed by atoms with E-state index in [1.165, 1.54) is 31.2 Å². The Kier molecular flexibility index (Phi) is 6.04. The Labute approximate surface area is 124 Å². The fraction of sp³-hybridized carbons (Fsp3) is 0.429. The number of hydrogen-bond acceptors (Lipinski definition) is 4. The van der Waals surface area contributed by atoms with Crippen LogP contribution in [0.15, 0.2) is 29.2 Å². The van der Waals surface area contributed by atoms with Crippen LogP contribution in [0.4, 0.5) is 0 Å². The molecule has 7 heteroatoms. The number of carboxylic acid groups (broad SMARTS) is 1. The summed E-state index contributed by atoms with van der Waals surface area (Å²) in [4.78, 5) is 21.9. The zero-order valence-electron chi connectivity index (χ0n) is 12.0. The second kappa shape index (κ2) is 7.33. The lowest BCUT2D eigenvalue weighted by molar-refractivity contribution is -0.137. The maximum absolute atomic E-state index is 12.2. The van der Waals surface area contributed by atoms with E-state index in [0.717, 1.165) is 0 Å². The van der Waals surface area contributed by atoms with Crippen LogP contribution in [0.25, 0.3) is 0 Å². The molecule has 0 fully saturated rings. The molecule has 0 aliphatic rings. The molecule has 2 N–H and O–H groups in total. The number of ketones is 1. The smallest absolute Gasteiger partial charge is 0.304 e. The Balaban J connectivity index is 2.92. The molecule has 1 rings (SSSR count). The van der Waals surface area contributed by atoms with Crippen molar-refractivity contribution >= 4 is 21.8 Å². The maximum Gasteiger partial charge on any atom is 0.304 e. The largest absolute Gasteiger partial charge is 0.481 e. The highest BCUT2D eigenvalue weighted by molar-refractivity contribution is 7.89. The highest BCUT2D eigenvalue weighted by atomic mass is 32.2. The first-order chi connectivity index (χ1) is 9.76. The molecule has 0 amide bonds. The summed E-state index contributed by atoms with van der Waals surface area (Å²) in [5.74, 6) is -1.20. The van der Waals surface area contributed by atoms with Crippen molar-refractivity contribution in [3.05, 3.63) is 29.8 Å². The van der Waals surface area contributed by atoms with Gasteiger partial charge in [-0.1, -0.05) is 25.5 Å². The van der Waals surface area contributed by atoms with E-state index in [1.807, 2.05) is 6.92 Å². The number of carboxylic acids is 1. The number of sulfonamides is 1. The maximum atomic E-state index is 12.2. The van der Waals surface area contributed by atoms with Crippen molar-refractivity contribution < 1.29 is 23.1 Å². The van der Waals surface area contributed by atoms with Crippen molar-refractivity contribution in [2.24, 2.45) is 0 Å². The molecule has 1 aromatic carbocycles. The second-order valence-electron chi connectivity index (χ2n) is 4.79. The van der Waals surface area contributed by atoms with E-state index in [1.54, 1.807) is 0 Å². The molecule has 0 aromatic heterocycles. The van der Waals surface area contributed by atoms with Gasteiger partial charge in [-0.2, -0.15) is 0 Å². The van der Waals surface area contributed by atoms with Gasteiger partial charge in [0.15, 0.2) is 5.78 Å². The van der Waals surface area contributed by atoms with Crippen molar-refractivity contribution in [1.29, 1.82) is 0 Å². The molecule has 0 spiro atoms. The van der Waals surface area contributed by atoms with Crippen molar-refractivity contribution in [3.63, 3.8) is 0 Å². The molecule has 1 atom stereocenters. The Bertz CT molecular complexity index is 607. The fourth-order valence-corrected chi connectivity index (χ4v) is 3.19. The lowest BCUT2D eigenvalue weighted by Crippen LogP contribution is -2.36. The molecule has 0 saturated heterocycles. The van der Waals surface area contributed by atoms with Crippen molar-refractivity contribution in [2.45, 2.75) is 44.0 Å². The van der Waals surface area contributed by atoms with Gasteiger partial charge in [-0.3, -0.25) is 9.59 Å². The zero-order chi connectivity index (χ0) is 16.0. The minimum absolute atomic E-state index is 0.0130. The first kappa shape index (κ1) is 17.3. The van der Waals surface area contributed by atoms with E-state index in [-0.39, 0.29) is 17.1 Å². The lowest BCUT2D eigenvalue weighted by Gasteiger charge is -2.16. The van der Waals surface area contributed by atoms with E-state index in [0.29, 0.717) is 18.4 Å². The predicted octanol–water partition coefficient (Wildman–Crippen LogP) is 1.81. The Hall–Kier alpha value is -1.73. The van der Waals surface area contributed by atoms with Gasteiger partial charge in [0.2, 0.25) is 10.0 Å². The van der Waals surface area contributed by atoms with Crippen LogP contribution in [-0.2, 0) is 14.8 Å². The van der Waals surface area contributed by atoms with Crippen LogP contribution < -0.4 is 4.72 Å². The summed E-state index contributed by atoms with van der Waals surface area (Å²) in [5.41, 5.74) is 0.421. The topological polar surface area (TPSA) is 101 Å². The Morgan fingerprint density at radius 3 is 2.24 bits per heavy atom. The van der Waals surface area contributed by atoms with Crippen LogP contribution in [0.3, 0.4) is 0 Å². The van der Waals surface area contributed by atoms with E-state index in [2.05, 4.69) is 4.72 Å². The molecule has 0 heterocycles. The molecule has 1 aromatic rings. The number of nitrogens with one attached hydrogen (secondary N) is 1. The van der Waals surface area contributed by atoms with Gasteiger partial charge in [0, 0.05) is 11.6 Å². The average Bonchev–Trinajstić information content (AvgIpc) is 2.37. The minimum atomic E-state index is -3.79. The normalized spacial score (nSPS) is 12.9. The molecular formula is C14H19NO5S. The molecular weight excluding hydrogens is 294 g/mol. The van der Waals surface area contributed by atoms with E-state index >= 15 is 0 Å². The number of aliphatic carboxylic acids is 1. The highest BCUT2D eigenvalue weighted by Gasteiger charge is 2.21. The molecule has 116 valence electrons. The summed E-state index contributed by atoms with van der Waals surface area (Å²) in [6, 6.07) is 4.89. The first-order valence-corrected chi connectivity index (χ1v) is 8.09. The third-order valence-corrected chi connectivity index (χ3v) is 4.49. The fourth-order valence-electron chi connectivity index (χ4n) is 1.92. The van der Waals surface area contributed by atoms with Gasteiger partial charge in [-0.25, -0.2) is 13.1 Å². The lowest BCUT2D eigenvalue weighted by atomic mass is 10.1. The van der Waals surface area contributed by atoms with Crippen LogP contribution in [0.1, 0.15) is 43.5 Å². The molecule has 1 unspecified atom stereocenters. The average molecular weight is 313 g/mol. The van der Waals surface area contributed by atoms with Crippen LogP contribution in [0.2, 0.25) is 0 Å². The van der Waals surface area contributed by atoms with Crippen LogP contribution in [-0.4, -0.2) is 31.3 Å². The standard InChI is InChI=1S/C14H19NO5S/c1-3-4-12(9-14(17)18)15-21(19,20)13-7-5-11(6-8-13)10(2)16/h5-8,12,15H,3-4,9H2,1-2H3,(H,17,18). The van der Waals surface area contributed by atoms with Gasteiger partial charge in [0.25, 0.3) is 0 Å². The van der Waals surface area contributed by atoms with Gasteiger partial charge in [0.05, 0.1) is 11.3 Å². The van der Waals surface area contributed by atoms with Gasteiger partial charge < -0.3 is 5.11 Å². The molecule has 0 bridgehead atoms. The van der Waals surface area contributed by atoms with Crippen LogP contribution >= 0.6 is 0 Å². The third kappa shape index (κ3) is 5.28. The molecule has 0 aliphatic carbocycles. The molecule has 0 radical (unpaired) electrons. The van der Waals surface area contributed by atoms with Crippen molar-refractivity contribution in [3.8, 4) is 0 Å². The zero-order valence-corrected chi connectivity index (χ0v) is 12.8. The number of carbonyl (C=O) groups is 2. The summed E-state index contributed by atoms with van der Waals surface area (Å²) in [5, 5.41) is 8.80. The molecule has 21 heavy (non-hydrogen) atoms. The summed E-state index contributed by atoms with van der Waals surface area (Å²) in [6.07, 6.45) is 0.847. The van der Waals surface area contributed by atoms with Crippen LogP contribution in [0.5, 0.6) is 0 Å². The minimum Gasteiger partial charge on any atom is -0.481 e. The van der Waals surface area contributed by atoms with Crippen molar-refractivity contribution in [1.82, 2.24) is 4.72 Å². The Morgan fingerprint density at radius 1 is 1.24 bits per heavy atom. The molecule has 0 saturated carbocycles. The van der Waals surface area contributed by atoms with E-state index in [4.69, 9.17) is 5.11 Å². The predicted molar refractivity (Wildman–Crippen MR) is 77.7 cm³/mol. The van der Waals surface area contributed by atoms with Gasteiger partial charge in [-0.05, 0) is 25.5 Å². The van der Waals surface area contributed by atoms with Gasteiger partial charge >= 0.3 is 5.97 Å². The summed E-state index contributed by atoms with van der Waals surface area (Å²) in [6.45, 7) is 3.25. The first-order valence-electron chi connectivity index (χ1n) is 6.61. The van der Waals surface area contributed by atoms with Gasteiger partial charge in [-0.15, -0.1) is 0 Å². The monoisotopic (exact) mass is 313 g/mol. The number of Topliss-reactive ketones (excluding diaryl/α,β-unsaturated/α-hetero) is 1. The summed E-state index contributed by atoms with van der Waals surface area (Å²) in [7, 11) is -3.79. The number of carbonyl (C=O) groups excluding carboxylic acids is 1. The second-order valence-corrected chi connectivity index (χ2v) is 6.50. The quantitative estimate of drug-likeness (QED) is 0.713. The number of rotatable bonds is 8. The number of benzene rings is 1. The van der Waals surface area contributed by atoms with Crippen molar-refractivity contribution in [2.75, 3.05) is 0 Å². The highest BCUT2D eigenvalue weighted by Crippen LogP contribution is 2.13. The number of hydrogen-bond donors (Lipinski definition) is 2. The summed E-state index contributed by atoms with van der Waals surface area (Å²) < 4.78 is 26.8. The Morgan fingerprint density at radius 2 is 1.81 bits per heavy atom.